The second kappa shape index (κ2) is 5.27. The third-order valence-corrected chi connectivity index (χ3v) is 2.80. The molecule has 0 spiro atoms. The Balaban J connectivity index is 2.08. The van der Waals surface area contributed by atoms with Gasteiger partial charge in [0.2, 0.25) is 0 Å². The van der Waals surface area contributed by atoms with E-state index >= 15 is 0 Å². The van der Waals surface area contributed by atoms with Crippen molar-refractivity contribution in [2.45, 2.75) is 25.2 Å². The molecule has 0 aliphatic rings. The minimum absolute atomic E-state index is 0.309. The summed E-state index contributed by atoms with van der Waals surface area (Å²) >= 11 is 3.33. The monoisotopic (exact) mass is 296 g/mol. The summed E-state index contributed by atoms with van der Waals surface area (Å²) in [6.45, 7) is 4.11. The van der Waals surface area contributed by atoms with E-state index in [0.29, 0.717) is 17.8 Å². The molecule has 5 nitrogen and oxygen atoms in total. The van der Waals surface area contributed by atoms with Gasteiger partial charge < -0.3 is 4.74 Å². The summed E-state index contributed by atoms with van der Waals surface area (Å²) in [6, 6.07) is 0.641. The summed E-state index contributed by atoms with van der Waals surface area (Å²) in [6.07, 6.45) is 6.93. The van der Waals surface area contributed by atoms with Crippen molar-refractivity contribution in [2.75, 3.05) is 0 Å². The molecule has 17 heavy (non-hydrogen) atoms. The third-order valence-electron chi connectivity index (χ3n) is 2.15. The molecule has 2 aromatic heterocycles. The molecule has 90 valence electrons. The van der Waals surface area contributed by atoms with Crippen LogP contribution in [-0.2, 0) is 5.33 Å². The Morgan fingerprint density at radius 1 is 1.29 bits per heavy atom. The Morgan fingerprint density at radius 3 is 2.53 bits per heavy atom. The molecule has 0 saturated carbocycles. The molecular formula is C11H13BrN4O. The molecule has 0 radical (unpaired) electrons. The lowest BCUT2D eigenvalue weighted by Gasteiger charge is -2.03. The van der Waals surface area contributed by atoms with Gasteiger partial charge >= 0.3 is 6.01 Å². The van der Waals surface area contributed by atoms with Gasteiger partial charge in [-0.05, 0) is 19.4 Å². The normalized spacial score (nSPS) is 10.8. The zero-order valence-corrected chi connectivity index (χ0v) is 11.3. The van der Waals surface area contributed by atoms with E-state index < -0.39 is 0 Å². The first kappa shape index (κ1) is 12.0. The summed E-state index contributed by atoms with van der Waals surface area (Å²) in [4.78, 5) is 8.20. The Morgan fingerprint density at radius 2 is 2.00 bits per heavy atom. The molecule has 0 unspecified atom stereocenters. The van der Waals surface area contributed by atoms with Gasteiger partial charge in [0, 0.05) is 23.8 Å². The number of aromatic nitrogens is 4. The highest BCUT2D eigenvalue weighted by molar-refractivity contribution is 9.08. The molecule has 0 amide bonds. The summed E-state index contributed by atoms with van der Waals surface area (Å²) in [7, 11) is 0. The van der Waals surface area contributed by atoms with Crippen molar-refractivity contribution < 1.29 is 4.74 Å². The highest BCUT2D eigenvalue weighted by Crippen LogP contribution is 2.18. The number of ether oxygens (including phenoxy) is 1. The lowest BCUT2D eigenvalue weighted by Crippen LogP contribution is -1.99. The molecule has 2 rings (SSSR count). The second-order valence-electron chi connectivity index (χ2n) is 3.86. The second-order valence-corrected chi connectivity index (χ2v) is 4.42. The summed E-state index contributed by atoms with van der Waals surface area (Å²) < 4.78 is 7.31. The van der Waals surface area contributed by atoms with Crippen LogP contribution in [0.25, 0.3) is 0 Å². The predicted molar refractivity (Wildman–Crippen MR) is 67.3 cm³/mol. The van der Waals surface area contributed by atoms with E-state index in [1.54, 1.807) is 18.6 Å². The van der Waals surface area contributed by atoms with Crippen molar-refractivity contribution in [3.63, 3.8) is 0 Å². The van der Waals surface area contributed by atoms with Crippen LogP contribution in [0.5, 0.6) is 11.8 Å². The van der Waals surface area contributed by atoms with E-state index in [-0.39, 0.29) is 0 Å². The SMILES string of the molecule is CC(C)n1cc(Oc2ncc(CBr)cn2)cn1. The standard InChI is InChI=1S/C11H13BrN4O/c1-8(2)16-7-10(6-15-16)17-11-13-4-9(3-12)5-14-11/h4-8H,3H2,1-2H3. The number of hydrogen-bond acceptors (Lipinski definition) is 4. The third kappa shape index (κ3) is 3.03. The molecule has 0 fully saturated rings. The molecule has 0 N–H and O–H groups in total. The number of alkyl halides is 1. The Labute approximate surface area is 108 Å². The molecule has 2 heterocycles. The predicted octanol–water partition coefficient (Wildman–Crippen LogP) is 2.94. The van der Waals surface area contributed by atoms with Crippen molar-refractivity contribution in [1.29, 1.82) is 0 Å². The van der Waals surface area contributed by atoms with Crippen molar-refractivity contribution in [3.05, 3.63) is 30.4 Å². The van der Waals surface area contributed by atoms with E-state index in [9.17, 15) is 0 Å². The topological polar surface area (TPSA) is 52.8 Å². The molecule has 6 heteroatoms. The van der Waals surface area contributed by atoms with Gasteiger partial charge in [0.1, 0.15) is 0 Å². The fraction of sp³-hybridized carbons (Fsp3) is 0.364. The highest BCUT2D eigenvalue weighted by Gasteiger charge is 2.05. The number of nitrogens with zero attached hydrogens (tertiary/aromatic N) is 4. The number of hydrogen-bond donors (Lipinski definition) is 0. The summed E-state index contributed by atoms with van der Waals surface area (Å²) in [5.41, 5.74) is 1.01. The van der Waals surface area contributed by atoms with Gasteiger partial charge in [-0.25, -0.2) is 9.97 Å². The minimum Gasteiger partial charge on any atom is -0.421 e. The number of rotatable bonds is 4. The molecule has 0 atom stereocenters. The van der Waals surface area contributed by atoms with Gasteiger partial charge in [0.25, 0.3) is 0 Å². The minimum atomic E-state index is 0.309. The number of halogens is 1. The van der Waals surface area contributed by atoms with E-state index in [1.165, 1.54) is 0 Å². The molecule has 0 saturated heterocycles. The van der Waals surface area contributed by atoms with Gasteiger partial charge in [-0.2, -0.15) is 5.10 Å². The molecule has 0 aromatic carbocycles. The molecular weight excluding hydrogens is 284 g/mol. The molecule has 0 aliphatic carbocycles. The van der Waals surface area contributed by atoms with E-state index in [1.807, 2.05) is 10.9 Å². The lowest BCUT2D eigenvalue weighted by molar-refractivity contribution is 0.438. The Bertz CT molecular complexity index is 480. The van der Waals surface area contributed by atoms with Crippen LogP contribution in [0.3, 0.4) is 0 Å². The molecule has 0 aliphatic heterocycles. The highest BCUT2D eigenvalue weighted by atomic mass is 79.9. The summed E-state index contributed by atoms with van der Waals surface area (Å²) in [5, 5.41) is 4.91. The van der Waals surface area contributed by atoms with Crippen LogP contribution in [0.15, 0.2) is 24.8 Å². The van der Waals surface area contributed by atoms with Crippen LogP contribution in [0, 0.1) is 0 Å². The average Bonchev–Trinajstić information content (AvgIpc) is 2.79. The van der Waals surface area contributed by atoms with Gasteiger partial charge in [0.05, 0.1) is 12.4 Å². The maximum absolute atomic E-state index is 5.49. The Kier molecular flexibility index (Phi) is 3.73. The van der Waals surface area contributed by atoms with Crippen LogP contribution < -0.4 is 4.74 Å². The van der Waals surface area contributed by atoms with Crippen molar-refractivity contribution in [3.8, 4) is 11.8 Å². The fourth-order valence-corrected chi connectivity index (χ4v) is 1.52. The molecule has 2 aromatic rings. The smallest absolute Gasteiger partial charge is 0.321 e. The fourth-order valence-electron chi connectivity index (χ4n) is 1.23. The van der Waals surface area contributed by atoms with E-state index in [2.05, 4.69) is 44.8 Å². The first-order valence-corrected chi connectivity index (χ1v) is 6.40. The van der Waals surface area contributed by atoms with Crippen molar-refractivity contribution in [2.24, 2.45) is 0 Å². The average molecular weight is 297 g/mol. The quantitative estimate of drug-likeness (QED) is 0.814. The lowest BCUT2D eigenvalue weighted by atomic mass is 10.4. The van der Waals surface area contributed by atoms with E-state index in [0.717, 1.165) is 10.9 Å². The van der Waals surface area contributed by atoms with Gasteiger partial charge in [-0.15, -0.1) is 0 Å². The van der Waals surface area contributed by atoms with Crippen LogP contribution in [-0.4, -0.2) is 19.7 Å². The van der Waals surface area contributed by atoms with Crippen LogP contribution >= 0.6 is 15.9 Å². The van der Waals surface area contributed by atoms with Crippen LogP contribution in [0.1, 0.15) is 25.5 Å². The van der Waals surface area contributed by atoms with Gasteiger partial charge in [-0.3, -0.25) is 4.68 Å². The zero-order chi connectivity index (χ0) is 12.3. The first-order chi connectivity index (χ1) is 8.19. The van der Waals surface area contributed by atoms with Crippen LogP contribution in [0.2, 0.25) is 0 Å². The molecule has 0 bridgehead atoms. The van der Waals surface area contributed by atoms with Gasteiger partial charge in [-0.1, -0.05) is 15.9 Å². The van der Waals surface area contributed by atoms with Crippen molar-refractivity contribution >= 4 is 15.9 Å². The van der Waals surface area contributed by atoms with Crippen LogP contribution in [0.4, 0.5) is 0 Å². The maximum atomic E-state index is 5.49. The van der Waals surface area contributed by atoms with Gasteiger partial charge in [0.15, 0.2) is 5.75 Å². The van der Waals surface area contributed by atoms with E-state index in [4.69, 9.17) is 4.74 Å². The maximum Gasteiger partial charge on any atom is 0.321 e. The van der Waals surface area contributed by atoms with Crippen molar-refractivity contribution in [1.82, 2.24) is 19.7 Å². The Hall–Kier alpha value is -1.43. The first-order valence-electron chi connectivity index (χ1n) is 5.28. The summed E-state index contributed by atoms with van der Waals surface area (Å²) in [5.74, 6) is 0.644. The zero-order valence-electron chi connectivity index (χ0n) is 9.67. The largest absolute Gasteiger partial charge is 0.421 e.